The van der Waals surface area contributed by atoms with Crippen LogP contribution in [0.2, 0.25) is 0 Å². The number of nitrogen functional groups attached to an aromatic ring is 1. The van der Waals surface area contributed by atoms with E-state index in [1.54, 1.807) is 11.9 Å². The average Bonchev–Trinajstić information content (AvgIpc) is 2.43. The van der Waals surface area contributed by atoms with Crippen LogP contribution < -0.4 is 5.73 Å². The number of fused-ring (bicyclic) bond motifs is 1. The van der Waals surface area contributed by atoms with E-state index in [1.165, 1.54) is 0 Å². The van der Waals surface area contributed by atoms with Gasteiger partial charge >= 0.3 is 5.97 Å². The van der Waals surface area contributed by atoms with E-state index in [1.807, 2.05) is 11.6 Å². The average molecular weight is 210 g/mol. The highest BCUT2D eigenvalue weighted by molar-refractivity contribution is 5.74. The summed E-state index contributed by atoms with van der Waals surface area (Å²) in [6.45, 7) is 0.576. The third-order valence-electron chi connectivity index (χ3n) is 2.93. The molecule has 0 spiro atoms. The monoisotopic (exact) mass is 210 g/mol. The first-order chi connectivity index (χ1) is 7.00. The molecule has 2 heterocycles. The third-order valence-corrected chi connectivity index (χ3v) is 2.93. The molecule has 0 saturated carbocycles. The number of aromatic nitrogens is 2. The summed E-state index contributed by atoms with van der Waals surface area (Å²) < 4.78 is 1.81. The minimum Gasteiger partial charge on any atom is -0.480 e. The molecule has 6 nitrogen and oxygen atoms in total. The van der Waals surface area contributed by atoms with Crippen LogP contribution >= 0.6 is 0 Å². The molecule has 0 aromatic carbocycles. The Bertz CT molecular complexity index is 412. The number of nitrogens with zero attached hydrogens (tertiary/aromatic N) is 3. The van der Waals surface area contributed by atoms with E-state index in [0.29, 0.717) is 18.9 Å². The predicted octanol–water partition coefficient (Wildman–Crippen LogP) is -0.557. The molecular weight excluding hydrogens is 196 g/mol. The molecule has 3 N–H and O–H groups in total. The van der Waals surface area contributed by atoms with Gasteiger partial charge in [-0.3, -0.25) is 9.69 Å². The summed E-state index contributed by atoms with van der Waals surface area (Å²) in [7, 11) is 3.64. The van der Waals surface area contributed by atoms with E-state index in [2.05, 4.69) is 4.98 Å². The van der Waals surface area contributed by atoms with Gasteiger partial charge in [0.15, 0.2) is 5.95 Å². The van der Waals surface area contributed by atoms with Crippen molar-refractivity contribution in [1.82, 2.24) is 14.5 Å². The Morgan fingerprint density at radius 3 is 2.87 bits per heavy atom. The number of nitrogens with two attached hydrogens (primary N) is 1. The lowest BCUT2D eigenvalue weighted by Gasteiger charge is -2.29. The van der Waals surface area contributed by atoms with E-state index in [9.17, 15) is 4.79 Å². The Hall–Kier alpha value is -1.56. The van der Waals surface area contributed by atoms with Crippen LogP contribution in [0.15, 0.2) is 0 Å². The van der Waals surface area contributed by atoms with Crippen molar-refractivity contribution in [2.75, 3.05) is 12.8 Å². The summed E-state index contributed by atoms with van der Waals surface area (Å²) in [5.74, 6) is -0.369. The fourth-order valence-corrected chi connectivity index (χ4v) is 1.93. The zero-order valence-corrected chi connectivity index (χ0v) is 8.77. The third kappa shape index (κ3) is 1.46. The predicted molar refractivity (Wildman–Crippen MR) is 54.2 cm³/mol. The molecule has 1 aliphatic rings. The zero-order chi connectivity index (χ0) is 11.2. The van der Waals surface area contributed by atoms with Gasteiger partial charge in [-0.1, -0.05) is 0 Å². The van der Waals surface area contributed by atoms with Crippen LogP contribution in [0.1, 0.15) is 11.4 Å². The number of anilines is 1. The molecule has 0 radical (unpaired) electrons. The Morgan fingerprint density at radius 1 is 1.60 bits per heavy atom. The zero-order valence-electron chi connectivity index (χ0n) is 8.77. The number of carboxylic acid groups (broad SMARTS) is 1. The molecule has 1 atom stereocenters. The number of carboxylic acids is 1. The fourth-order valence-electron chi connectivity index (χ4n) is 1.93. The Labute approximate surface area is 87.3 Å². The quantitative estimate of drug-likeness (QED) is 0.649. The molecule has 1 unspecified atom stereocenters. The Morgan fingerprint density at radius 2 is 2.27 bits per heavy atom. The molecular formula is C9H14N4O2. The maximum atomic E-state index is 11.0. The molecule has 0 fully saturated rings. The van der Waals surface area contributed by atoms with Gasteiger partial charge in [0.25, 0.3) is 0 Å². The van der Waals surface area contributed by atoms with Gasteiger partial charge in [-0.25, -0.2) is 4.98 Å². The molecule has 2 rings (SSSR count). The molecule has 1 aromatic rings. The van der Waals surface area contributed by atoms with Gasteiger partial charge in [-0.05, 0) is 7.05 Å². The molecule has 0 amide bonds. The second kappa shape index (κ2) is 3.23. The maximum absolute atomic E-state index is 11.0. The van der Waals surface area contributed by atoms with Crippen LogP contribution in [0.3, 0.4) is 0 Å². The molecule has 0 bridgehead atoms. The van der Waals surface area contributed by atoms with Crippen molar-refractivity contribution in [3.05, 3.63) is 11.4 Å². The van der Waals surface area contributed by atoms with Crippen LogP contribution in [0.5, 0.6) is 0 Å². The molecule has 1 aliphatic heterocycles. The van der Waals surface area contributed by atoms with Gasteiger partial charge < -0.3 is 15.4 Å². The lowest BCUT2D eigenvalue weighted by atomic mass is 10.0. The van der Waals surface area contributed by atoms with Crippen molar-refractivity contribution in [3.63, 3.8) is 0 Å². The van der Waals surface area contributed by atoms with Gasteiger partial charge in [-0.15, -0.1) is 0 Å². The van der Waals surface area contributed by atoms with Gasteiger partial charge in [0.1, 0.15) is 6.04 Å². The number of hydrogen-bond donors (Lipinski definition) is 2. The molecule has 6 heteroatoms. The van der Waals surface area contributed by atoms with Crippen molar-refractivity contribution >= 4 is 11.9 Å². The first kappa shape index (κ1) is 9.97. The summed E-state index contributed by atoms with van der Waals surface area (Å²) >= 11 is 0. The topological polar surface area (TPSA) is 84.4 Å². The largest absolute Gasteiger partial charge is 0.480 e. The molecule has 1 aromatic heterocycles. The van der Waals surface area contributed by atoms with Gasteiger partial charge in [0, 0.05) is 20.0 Å². The minimum absolute atomic E-state index is 0.423. The van der Waals surface area contributed by atoms with Gasteiger partial charge in [-0.2, -0.15) is 0 Å². The van der Waals surface area contributed by atoms with Crippen LogP contribution in [-0.2, 0) is 24.8 Å². The highest BCUT2D eigenvalue weighted by Crippen LogP contribution is 2.23. The van der Waals surface area contributed by atoms with Crippen molar-refractivity contribution < 1.29 is 9.90 Å². The van der Waals surface area contributed by atoms with Crippen molar-refractivity contribution in [3.8, 4) is 0 Å². The molecule has 0 aliphatic carbocycles. The van der Waals surface area contributed by atoms with Crippen LogP contribution in [0.25, 0.3) is 0 Å². The van der Waals surface area contributed by atoms with Crippen molar-refractivity contribution in [2.24, 2.45) is 7.05 Å². The Kier molecular flexibility index (Phi) is 2.15. The number of rotatable bonds is 1. The normalized spacial score (nSPS) is 21.3. The number of hydrogen-bond acceptors (Lipinski definition) is 4. The van der Waals surface area contributed by atoms with E-state index in [0.717, 1.165) is 11.4 Å². The first-order valence-electron chi connectivity index (χ1n) is 4.73. The van der Waals surface area contributed by atoms with Gasteiger partial charge in [0.05, 0.1) is 11.4 Å². The lowest BCUT2D eigenvalue weighted by Crippen LogP contribution is -2.43. The summed E-state index contributed by atoms with van der Waals surface area (Å²) in [6.07, 6.45) is 0.423. The Balaban J connectivity index is 2.38. The van der Waals surface area contributed by atoms with Crippen LogP contribution in [-0.4, -0.2) is 38.6 Å². The summed E-state index contributed by atoms with van der Waals surface area (Å²) in [5.41, 5.74) is 7.49. The number of carbonyl (C=O) groups is 1. The first-order valence-corrected chi connectivity index (χ1v) is 4.73. The number of aliphatic carboxylic acids is 1. The smallest absolute Gasteiger partial charge is 0.321 e. The standard InChI is InChI=1S/C9H14N4O2/c1-12-4-7-5(3-6(12)8(14)15)11-9(10)13(7)2/h6H,3-4H2,1-2H3,(H2,10,11)(H,14,15). The maximum Gasteiger partial charge on any atom is 0.321 e. The summed E-state index contributed by atoms with van der Waals surface area (Å²) in [4.78, 5) is 16.9. The second-order valence-electron chi connectivity index (χ2n) is 3.90. The van der Waals surface area contributed by atoms with E-state index in [-0.39, 0.29) is 0 Å². The van der Waals surface area contributed by atoms with E-state index < -0.39 is 12.0 Å². The summed E-state index contributed by atoms with van der Waals surface area (Å²) in [6, 6.07) is -0.494. The number of likely N-dealkylation sites (N-methyl/N-ethyl adjacent to an activating group) is 1. The lowest BCUT2D eigenvalue weighted by molar-refractivity contribution is -0.143. The highest BCUT2D eigenvalue weighted by atomic mass is 16.4. The molecule has 82 valence electrons. The highest BCUT2D eigenvalue weighted by Gasteiger charge is 2.31. The van der Waals surface area contributed by atoms with Crippen molar-refractivity contribution in [2.45, 2.75) is 19.0 Å². The number of imidazole rings is 1. The van der Waals surface area contributed by atoms with E-state index >= 15 is 0 Å². The minimum atomic E-state index is -0.813. The van der Waals surface area contributed by atoms with Crippen molar-refractivity contribution in [1.29, 1.82) is 0 Å². The second-order valence-corrected chi connectivity index (χ2v) is 3.90. The van der Waals surface area contributed by atoms with E-state index in [4.69, 9.17) is 10.8 Å². The fraction of sp³-hybridized carbons (Fsp3) is 0.556. The summed E-state index contributed by atoms with van der Waals surface area (Å²) in [5, 5.41) is 9.00. The molecule has 0 saturated heterocycles. The molecule has 15 heavy (non-hydrogen) atoms. The van der Waals surface area contributed by atoms with Crippen LogP contribution in [0.4, 0.5) is 5.95 Å². The SMILES string of the molecule is CN1Cc2c(nc(N)n2C)CC1C(=O)O. The van der Waals surface area contributed by atoms with Gasteiger partial charge in [0.2, 0.25) is 0 Å². The van der Waals surface area contributed by atoms with Crippen LogP contribution in [0, 0.1) is 0 Å².